The summed E-state index contributed by atoms with van der Waals surface area (Å²) < 4.78 is 0. The number of nitrogens with zero attached hydrogens (tertiary/aromatic N) is 1. The molecule has 338 valence electrons. The van der Waals surface area contributed by atoms with Gasteiger partial charge in [-0.1, -0.05) is 44.2 Å². The Labute approximate surface area is 350 Å². The molecular formula is C38H56N8O15. The average molecular weight is 865 g/mol. The molecule has 61 heavy (non-hydrogen) atoms. The van der Waals surface area contributed by atoms with Gasteiger partial charge in [0.2, 0.25) is 41.4 Å². The van der Waals surface area contributed by atoms with Crippen LogP contribution in [0.2, 0.25) is 0 Å². The number of benzene rings is 1. The molecule has 0 unspecified atom stereocenters. The molecule has 13 N–H and O–H groups in total. The number of amides is 7. The lowest BCUT2D eigenvalue weighted by molar-refractivity contribution is -0.150. The molecule has 0 saturated carbocycles. The van der Waals surface area contributed by atoms with Crippen LogP contribution in [-0.2, 0) is 54.4 Å². The van der Waals surface area contributed by atoms with Gasteiger partial charge in [-0.05, 0) is 44.6 Å². The smallest absolute Gasteiger partial charge is 0.326 e. The third-order valence-electron chi connectivity index (χ3n) is 9.58. The Bertz CT molecular complexity index is 1760. The number of carboxylic acids is 3. The Balaban J connectivity index is 2.21. The van der Waals surface area contributed by atoms with Gasteiger partial charge in [0.25, 0.3) is 0 Å². The normalized spacial score (nSPS) is 17.5. The van der Waals surface area contributed by atoms with Gasteiger partial charge in [0.05, 0.1) is 25.2 Å². The number of aliphatic hydroxyl groups is 2. The predicted molar refractivity (Wildman–Crippen MR) is 210 cm³/mol. The van der Waals surface area contributed by atoms with Crippen LogP contribution in [0.4, 0.5) is 0 Å². The first-order valence-electron chi connectivity index (χ1n) is 19.4. The quantitative estimate of drug-likeness (QED) is 0.0470. The van der Waals surface area contributed by atoms with Crippen LogP contribution in [-0.4, -0.2) is 157 Å². The zero-order valence-electron chi connectivity index (χ0n) is 34.2. The van der Waals surface area contributed by atoms with E-state index in [2.05, 4.69) is 31.9 Å². The summed E-state index contributed by atoms with van der Waals surface area (Å²) in [6.45, 7) is 4.64. The van der Waals surface area contributed by atoms with Crippen molar-refractivity contribution in [2.24, 2.45) is 11.7 Å². The van der Waals surface area contributed by atoms with Gasteiger partial charge < -0.3 is 68.1 Å². The third-order valence-corrected chi connectivity index (χ3v) is 9.58. The third kappa shape index (κ3) is 16.4. The van der Waals surface area contributed by atoms with E-state index in [0.29, 0.717) is 12.0 Å². The average Bonchev–Trinajstić information content (AvgIpc) is 3.69. The summed E-state index contributed by atoms with van der Waals surface area (Å²) in [7, 11) is 0. The molecule has 23 nitrogen and oxygen atoms in total. The van der Waals surface area contributed by atoms with E-state index in [1.54, 1.807) is 30.3 Å². The van der Waals surface area contributed by atoms with E-state index in [0.717, 1.165) is 11.8 Å². The zero-order chi connectivity index (χ0) is 46.1. The second kappa shape index (κ2) is 24.2. The highest BCUT2D eigenvalue weighted by atomic mass is 16.4. The van der Waals surface area contributed by atoms with E-state index in [1.165, 1.54) is 20.8 Å². The number of likely N-dealkylation sites (tertiary alicyclic amines) is 1. The first kappa shape index (κ1) is 50.9. The summed E-state index contributed by atoms with van der Waals surface area (Å²) in [5, 5.41) is 62.3. The monoisotopic (exact) mass is 864 g/mol. The van der Waals surface area contributed by atoms with E-state index in [4.69, 9.17) is 10.8 Å². The fraction of sp³-hybridized carbons (Fsp3) is 0.579. The van der Waals surface area contributed by atoms with Crippen molar-refractivity contribution in [2.75, 3.05) is 13.1 Å². The van der Waals surface area contributed by atoms with Crippen LogP contribution in [0, 0.1) is 5.92 Å². The molecule has 1 aromatic carbocycles. The van der Waals surface area contributed by atoms with Gasteiger partial charge in [-0.25, -0.2) is 4.79 Å². The minimum absolute atomic E-state index is 0.00477. The van der Waals surface area contributed by atoms with Crippen LogP contribution in [0.25, 0.3) is 0 Å². The fourth-order valence-electron chi connectivity index (χ4n) is 6.17. The van der Waals surface area contributed by atoms with Crippen molar-refractivity contribution in [1.82, 2.24) is 36.8 Å². The lowest BCUT2D eigenvalue weighted by Crippen LogP contribution is -2.61. The number of hydrogen-bond donors (Lipinski definition) is 12. The molecule has 9 atom stereocenters. The van der Waals surface area contributed by atoms with Crippen molar-refractivity contribution in [2.45, 2.75) is 121 Å². The number of carbonyl (C=O) groups is 10. The molecule has 1 saturated heterocycles. The van der Waals surface area contributed by atoms with Crippen molar-refractivity contribution >= 4 is 59.3 Å². The summed E-state index contributed by atoms with van der Waals surface area (Å²) >= 11 is 0. The molecule has 23 heteroatoms. The molecule has 0 aliphatic carbocycles. The summed E-state index contributed by atoms with van der Waals surface area (Å²) in [5.74, 6) is -11.7. The zero-order valence-corrected chi connectivity index (χ0v) is 34.2. The Kier molecular flexibility index (Phi) is 20.2. The van der Waals surface area contributed by atoms with Crippen molar-refractivity contribution in [1.29, 1.82) is 0 Å². The van der Waals surface area contributed by atoms with Crippen LogP contribution in [0.15, 0.2) is 30.3 Å². The van der Waals surface area contributed by atoms with Crippen molar-refractivity contribution < 1.29 is 73.5 Å². The number of carboxylic acid groups (broad SMARTS) is 3. The molecule has 1 heterocycles. The SMILES string of the molecule is CC(C)[C@H](NC(=O)[C@H](CCC(=O)O)NC(=O)[C@@H](N)[C@@H](C)O)C(=O)NCC(=O)N[C@H](C(=O)N[C@@H](Cc1ccccc1)C(=O)N[C@@H](CC(=O)O)C(=O)N1CCC[C@H]1C(=O)O)[C@@H](C)O. The number of rotatable bonds is 24. The molecule has 0 spiro atoms. The fourth-order valence-corrected chi connectivity index (χ4v) is 6.17. The number of hydrogen-bond acceptors (Lipinski definition) is 13. The number of nitrogens with one attached hydrogen (secondary N) is 6. The molecule has 2 rings (SSSR count). The molecule has 1 fully saturated rings. The number of aliphatic hydroxyl groups excluding tert-OH is 2. The van der Waals surface area contributed by atoms with E-state index < -0.39 is 145 Å². The minimum Gasteiger partial charge on any atom is -0.481 e. The Morgan fingerprint density at radius 1 is 0.705 bits per heavy atom. The highest BCUT2D eigenvalue weighted by Gasteiger charge is 2.40. The van der Waals surface area contributed by atoms with Crippen LogP contribution in [0.1, 0.15) is 65.4 Å². The second-order valence-electron chi connectivity index (χ2n) is 14.9. The summed E-state index contributed by atoms with van der Waals surface area (Å²) in [6, 6.07) is -2.37. The van der Waals surface area contributed by atoms with Crippen LogP contribution >= 0.6 is 0 Å². The van der Waals surface area contributed by atoms with Gasteiger partial charge in [0.1, 0.15) is 42.3 Å². The first-order valence-corrected chi connectivity index (χ1v) is 19.4. The molecule has 1 aliphatic heterocycles. The van der Waals surface area contributed by atoms with Gasteiger partial charge in [0, 0.05) is 19.4 Å². The number of nitrogens with two attached hydrogens (primary N) is 1. The maximum absolute atomic E-state index is 13.7. The molecule has 0 bridgehead atoms. The van der Waals surface area contributed by atoms with E-state index >= 15 is 0 Å². The molecule has 1 aromatic rings. The van der Waals surface area contributed by atoms with Gasteiger partial charge in [-0.3, -0.25) is 43.2 Å². The van der Waals surface area contributed by atoms with Gasteiger partial charge in [0.15, 0.2) is 0 Å². The highest BCUT2D eigenvalue weighted by molar-refractivity contribution is 5.98. The van der Waals surface area contributed by atoms with Crippen molar-refractivity contribution in [3.05, 3.63) is 35.9 Å². The summed E-state index contributed by atoms with van der Waals surface area (Å²) in [5.41, 5.74) is 6.13. The van der Waals surface area contributed by atoms with E-state index in [-0.39, 0.29) is 19.4 Å². The lowest BCUT2D eigenvalue weighted by Gasteiger charge is -2.29. The first-order chi connectivity index (χ1) is 28.5. The van der Waals surface area contributed by atoms with Crippen molar-refractivity contribution in [3.63, 3.8) is 0 Å². The van der Waals surface area contributed by atoms with Crippen molar-refractivity contribution in [3.8, 4) is 0 Å². The number of carbonyl (C=O) groups excluding carboxylic acids is 7. The van der Waals surface area contributed by atoms with Gasteiger partial charge in [-0.2, -0.15) is 0 Å². The molecular weight excluding hydrogens is 808 g/mol. The number of aliphatic carboxylic acids is 3. The van der Waals surface area contributed by atoms with Crippen LogP contribution < -0.4 is 37.6 Å². The molecule has 0 aromatic heterocycles. The Morgan fingerprint density at radius 2 is 1.30 bits per heavy atom. The lowest BCUT2D eigenvalue weighted by atomic mass is 10.0. The van der Waals surface area contributed by atoms with Crippen LogP contribution in [0.5, 0.6) is 0 Å². The minimum atomic E-state index is -1.75. The standard InChI is InChI=1S/C38H56N8O15/c1-18(2)30(45-32(54)22(12-13-27(50)51)41-34(56)29(39)19(3)47)35(57)40-17-26(49)44-31(20(4)48)36(58)42-23(15-21-9-6-5-7-10-21)33(55)43-24(16-28(52)53)37(59)46-14-8-11-25(46)38(60)61/h5-7,9-10,18-20,22-25,29-31,47-48H,8,11-17,39H2,1-4H3,(H,40,57)(H,41,56)(H,42,58)(H,43,55)(H,44,49)(H,45,54)(H,50,51)(H,52,53)(H,60,61)/t19-,20-,22+,23+,24+,25+,29+,30+,31+/m1/s1. The molecule has 7 amide bonds. The van der Waals surface area contributed by atoms with E-state index in [1.807, 2.05) is 0 Å². The highest BCUT2D eigenvalue weighted by Crippen LogP contribution is 2.19. The Hall–Kier alpha value is -6.20. The second-order valence-corrected chi connectivity index (χ2v) is 14.9. The van der Waals surface area contributed by atoms with Crippen LogP contribution in [0.3, 0.4) is 0 Å². The van der Waals surface area contributed by atoms with Gasteiger partial charge in [-0.15, -0.1) is 0 Å². The predicted octanol–water partition coefficient (Wildman–Crippen LogP) is -4.07. The van der Waals surface area contributed by atoms with Gasteiger partial charge >= 0.3 is 17.9 Å². The topological polar surface area (TPSA) is 373 Å². The van der Waals surface area contributed by atoms with E-state index in [9.17, 15) is 68.4 Å². The maximum atomic E-state index is 13.7. The summed E-state index contributed by atoms with van der Waals surface area (Å²) in [6.07, 6.45) is -4.57. The molecule has 0 radical (unpaired) electrons. The maximum Gasteiger partial charge on any atom is 0.326 e. The largest absolute Gasteiger partial charge is 0.481 e. The molecule has 1 aliphatic rings. The summed E-state index contributed by atoms with van der Waals surface area (Å²) in [4.78, 5) is 128. The Morgan fingerprint density at radius 3 is 1.84 bits per heavy atom.